The van der Waals surface area contributed by atoms with E-state index in [-0.39, 0.29) is 24.4 Å². The molecule has 2 N–H and O–H groups in total. The fourth-order valence-corrected chi connectivity index (χ4v) is 2.74. The van der Waals surface area contributed by atoms with Crippen LogP contribution in [0.3, 0.4) is 0 Å². The zero-order chi connectivity index (χ0) is 16.8. The molecule has 1 heterocycles. The maximum Gasteiger partial charge on any atom is 0.251 e. The van der Waals surface area contributed by atoms with Gasteiger partial charge >= 0.3 is 0 Å². The van der Waals surface area contributed by atoms with E-state index < -0.39 is 0 Å². The van der Waals surface area contributed by atoms with E-state index >= 15 is 0 Å². The monoisotopic (exact) mass is 376 g/mol. The summed E-state index contributed by atoms with van der Waals surface area (Å²) in [4.78, 5) is 12.4. The van der Waals surface area contributed by atoms with Gasteiger partial charge < -0.3 is 20.1 Å². The maximum absolute atomic E-state index is 12.4. The second kappa shape index (κ2) is 9.97. The first-order valence-corrected chi connectivity index (χ1v) is 8.41. The second-order valence-corrected chi connectivity index (χ2v) is 6.60. The van der Waals surface area contributed by atoms with Crippen LogP contribution in [0.25, 0.3) is 0 Å². The van der Waals surface area contributed by atoms with Crippen LogP contribution in [0.4, 0.5) is 0 Å². The van der Waals surface area contributed by atoms with Crippen LogP contribution in [0.2, 0.25) is 5.02 Å². The van der Waals surface area contributed by atoms with Gasteiger partial charge in [-0.25, -0.2) is 0 Å². The Hall–Kier alpha value is -1.17. The number of hydrogen-bond donors (Lipinski definition) is 2. The molecule has 0 aliphatic carbocycles. The highest BCUT2D eigenvalue weighted by Crippen LogP contribution is 2.36. The first-order valence-electron chi connectivity index (χ1n) is 8.03. The lowest BCUT2D eigenvalue weighted by molar-refractivity contribution is 0.0929. The van der Waals surface area contributed by atoms with Crippen molar-refractivity contribution in [2.45, 2.75) is 32.7 Å². The largest absolute Gasteiger partial charge is 0.493 e. The van der Waals surface area contributed by atoms with E-state index in [1.165, 1.54) is 0 Å². The van der Waals surface area contributed by atoms with Gasteiger partial charge in [0.2, 0.25) is 0 Å². The zero-order valence-electron chi connectivity index (χ0n) is 14.4. The lowest BCUT2D eigenvalue weighted by Crippen LogP contribution is -2.42. The van der Waals surface area contributed by atoms with Crippen molar-refractivity contribution in [2.24, 2.45) is 5.92 Å². The SMILES string of the molecule is COc1cc(C(=O)NC2CCNCC2)cc(Cl)c1OCC(C)C.Cl. The zero-order valence-corrected chi connectivity index (χ0v) is 15.9. The van der Waals surface area contributed by atoms with Crippen LogP contribution in [0.15, 0.2) is 12.1 Å². The van der Waals surface area contributed by atoms with Crippen LogP contribution in [0, 0.1) is 5.92 Å². The smallest absolute Gasteiger partial charge is 0.251 e. The molecule has 0 aromatic heterocycles. The number of halogens is 2. The van der Waals surface area contributed by atoms with Gasteiger partial charge in [0.05, 0.1) is 18.7 Å². The summed E-state index contributed by atoms with van der Waals surface area (Å²) in [5.41, 5.74) is 0.488. The van der Waals surface area contributed by atoms with Crippen molar-refractivity contribution in [1.29, 1.82) is 0 Å². The molecule has 0 spiro atoms. The molecule has 0 atom stereocenters. The normalized spacial score (nSPS) is 14.9. The molecule has 5 nitrogen and oxygen atoms in total. The van der Waals surface area contributed by atoms with Gasteiger partial charge in [0.25, 0.3) is 5.91 Å². The minimum atomic E-state index is -0.132. The van der Waals surface area contributed by atoms with Crippen molar-refractivity contribution in [3.63, 3.8) is 0 Å². The summed E-state index contributed by atoms with van der Waals surface area (Å²) in [5.74, 6) is 1.21. The summed E-state index contributed by atoms with van der Waals surface area (Å²) >= 11 is 6.29. The first kappa shape index (κ1) is 20.9. The highest BCUT2D eigenvalue weighted by Gasteiger charge is 2.20. The Morgan fingerprint density at radius 3 is 2.62 bits per heavy atom. The van der Waals surface area contributed by atoms with Crippen LogP contribution >= 0.6 is 24.0 Å². The van der Waals surface area contributed by atoms with E-state index in [1.807, 2.05) is 0 Å². The van der Waals surface area contributed by atoms with Crippen LogP contribution in [0.1, 0.15) is 37.0 Å². The second-order valence-electron chi connectivity index (χ2n) is 6.19. The molecule has 1 aromatic carbocycles. The van der Waals surface area contributed by atoms with Gasteiger partial charge in [-0.15, -0.1) is 12.4 Å². The van der Waals surface area contributed by atoms with Gasteiger partial charge in [-0.2, -0.15) is 0 Å². The molecule has 1 saturated heterocycles. The van der Waals surface area contributed by atoms with E-state index in [4.69, 9.17) is 21.1 Å². The molecule has 1 aliphatic rings. The third-order valence-electron chi connectivity index (χ3n) is 3.73. The quantitative estimate of drug-likeness (QED) is 0.799. The number of carbonyl (C=O) groups is 1. The molecule has 0 radical (unpaired) electrons. The average molecular weight is 377 g/mol. The van der Waals surface area contributed by atoms with Crippen molar-refractivity contribution in [3.05, 3.63) is 22.7 Å². The summed E-state index contributed by atoms with van der Waals surface area (Å²) in [6.45, 7) is 6.51. The Morgan fingerprint density at radius 1 is 1.38 bits per heavy atom. The molecule has 1 fully saturated rings. The highest BCUT2D eigenvalue weighted by molar-refractivity contribution is 6.32. The van der Waals surface area contributed by atoms with Crippen molar-refractivity contribution in [2.75, 3.05) is 26.8 Å². The molecule has 0 bridgehead atoms. The number of piperidine rings is 1. The predicted octanol–water partition coefficient (Wildman–Crippen LogP) is 3.29. The third kappa shape index (κ3) is 5.72. The minimum Gasteiger partial charge on any atom is -0.493 e. The Balaban J connectivity index is 0.00000288. The third-order valence-corrected chi connectivity index (χ3v) is 4.01. The maximum atomic E-state index is 12.4. The van der Waals surface area contributed by atoms with Crippen LogP contribution < -0.4 is 20.1 Å². The predicted molar refractivity (Wildman–Crippen MR) is 98.9 cm³/mol. The number of hydrogen-bond acceptors (Lipinski definition) is 4. The number of carbonyl (C=O) groups excluding carboxylic acids is 1. The molecule has 24 heavy (non-hydrogen) atoms. The molecule has 2 rings (SSSR count). The Kier molecular flexibility index (Phi) is 8.67. The molecule has 136 valence electrons. The van der Waals surface area contributed by atoms with Gasteiger partial charge in [0.15, 0.2) is 11.5 Å². The number of benzene rings is 1. The Bertz CT molecular complexity index is 547. The van der Waals surface area contributed by atoms with Gasteiger partial charge in [0.1, 0.15) is 0 Å². The van der Waals surface area contributed by atoms with E-state index in [0.29, 0.717) is 34.6 Å². The fraction of sp³-hybridized carbons (Fsp3) is 0.588. The molecule has 1 aromatic rings. The van der Waals surface area contributed by atoms with Gasteiger partial charge in [-0.1, -0.05) is 25.4 Å². The van der Waals surface area contributed by atoms with Crippen molar-refractivity contribution in [1.82, 2.24) is 10.6 Å². The molecule has 0 unspecified atom stereocenters. The standard InChI is InChI=1S/C17H25ClN2O3.ClH/c1-11(2)10-23-16-14(18)8-12(9-15(16)22-3)17(21)20-13-4-6-19-7-5-13;/h8-9,11,13,19H,4-7,10H2,1-3H3,(H,20,21);1H. The van der Waals surface area contributed by atoms with Crippen molar-refractivity contribution >= 4 is 29.9 Å². The van der Waals surface area contributed by atoms with E-state index in [1.54, 1.807) is 19.2 Å². The molecular formula is C17H26Cl2N2O3. The summed E-state index contributed by atoms with van der Waals surface area (Å²) in [6, 6.07) is 3.51. The first-order chi connectivity index (χ1) is 11.0. The molecule has 1 amide bonds. The lowest BCUT2D eigenvalue weighted by atomic mass is 10.1. The lowest BCUT2D eigenvalue weighted by Gasteiger charge is -2.24. The topological polar surface area (TPSA) is 59.6 Å². The van der Waals surface area contributed by atoms with E-state index in [0.717, 1.165) is 25.9 Å². The number of amides is 1. The van der Waals surface area contributed by atoms with Crippen LogP contribution in [-0.4, -0.2) is 38.8 Å². The van der Waals surface area contributed by atoms with Gasteiger partial charge in [-0.05, 0) is 44.0 Å². The Labute approximate surface area is 154 Å². The summed E-state index contributed by atoms with van der Waals surface area (Å²) in [5, 5.41) is 6.72. The number of ether oxygens (including phenoxy) is 2. The summed E-state index contributed by atoms with van der Waals surface area (Å²) in [6.07, 6.45) is 1.87. The minimum absolute atomic E-state index is 0. The number of rotatable bonds is 6. The fourth-order valence-electron chi connectivity index (χ4n) is 2.48. The molecule has 0 saturated carbocycles. The van der Waals surface area contributed by atoms with Gasteiger partial charge in [0, 0.05) is 11.6 Å². The van der Waals surface area contributed by atoms with Crippen molar-refractivity contribution < 1.29 is 14.3 Å². The highest BCUT2D eigenvalue weighted by atomic mass is 35.5. The summed E-state index contributed by atoms with van der Waals surface area (Å²) in [7, 11) is 1.54. The van der Waals surface area contributed by atoms with Crippen LogP contribution in [-0.2, 0) is 0 Å². The summed E-state index contributed by atoms with van der Waals surface area (Å²) < 4.78 is 11.0. The van der Waals surface area contributed by atoms with Crippen LogP contribution in [0.5, 0.6) is 11.5 Å². The number of methoxy groups -OCH3 is 1. The Morgan fingerprint density at radius 2 is 2.04 bits per heavy atom. The van der Waals surface area contributed by atoms with Crippen molar-refractivity contribution in [3.8, 4) is 11.5 Å². The molecular weight excluding hydrogens is 351 g/mol. The average Bonchev–Trinajstić information content (AvgIpc) is 2.53. The van der Waals surface area contributed by atoms with Gasteiger partial charge in [-0.3, -0.25) is 4.79 Å². The molecule has 1 aliphatic heterocycles. The number of nitrogens with one attached hydrogen (secondary N) is 2. The van der Waals surface area contributed by atoms with E-state index in [2.05, 4.69) is 24.5 Å². The molecule has 7 heteroatoms. The van der Waals surface area contributed by atoms with E-state index in [9.17, 15) is 4.79 Å².